The Morgan fingerprint density at radius 1 is 0.969 bits per heavy atom. The number of hydrogen-bond acceptors (Lipinski definition) is 6. The lowest BCUT2D eigenvalue weighted by molar-refractivity contribution is -0.130. The van der Waals surface area contributed by atoms with Crippen molar-refractivity contribution in [1.29, 1.82) is 0 Å². The maximum Gasteiger partial charge on any atom is 0.323 e. The molecule has 8 nitrogen and oxygen atoms in total. The van der Waals surface area contributed by atoms with Gasteiger partial charge in [-0.05, 0) is 29.8 Å². The van der Waals surface area contributed by atoms with E-state index in [0.717, 1.165) is 38.3 Å². The summed E-state index contributed by atoms with van der Waals surface area (Å²) in [5.41, 5.74) is 4.69. The SMILES string of the molecule is COc1ccccc1-c1nn(OC=O)c2ncc(-c3cccc(-c4nccn4C)c3)cc12. The first-order chi connectivity index (χ1) is 15.7. The van der Waals surface area contributed by atoms with Crippen LogP contribution >= 0.6 is 0 Å². The molecule has 3 heterocycles. The largest absolute Gasteiger partial charge is 0.496 e. The van der Waals surface area contributed by atoms with E-state index in [1.165, 1.54) is 0 Å². The number of para-hydroxylation sites is 1. The van der Waals surface area contributed by atoms with E-state index in [-0.39, 0.29) is 0 Å². The van der Waals surface area contributed by atoms with Crippen molar-refractivity contribution in [2.45, 2.75) is 0 Å². The molecule has 8 heteroatoms. The first-order valence-corrected chi connectivity index (χ1v) is 9.90. The molecule has 0 saturated heterocycles. The van der Waals surface area contributed by atoms with E-state index in [1.807, 2.05) is 66.3 Å². The molecule has 0 saturated carbocycles. The molecule has 0 unspecified atom stereocenters. The summed E-state index contributed by atoms with van der Waals surface area (Å²) in [5.74, 6) is 1.54. The van der Waals surface area contributed by atoms with Crippen LogP contribution in [-0.4, -0.2) is 38.1 Å². The zero-order valence-electron chi connectivity index (χ0n) is 17.5. The van der Waals surface area contributed by atoms with Gasteiger partial charge in [-0.2, -0.15) is 0 Å². The molecule has 0 aliphatic carbocycles. The van der Waals surface area contributed by atoms with Crippen LogP contribution in [0.15, 0.2) is 73.2 Å². The van der Waals surface area contributed by atoms with Gasteiger partial charge in [0.1, 0.15) is 17.3 Å². The Kier molecular flexibility index (Phi) is 4.87. The standard InChI is InChI=1S/C24H19N5O3/c1-28-11-10-25-23(28)17-7-5-6-16(12-17)18-13-20-22(19-8-3-4-9-21(19)31-2)27-29(32-15-30)24(20)26-14-18/h3-15H,1-2H3. The highest BCUT2D eigenvalue weighted by atomic mass is 16.7. The summed E-state index contributed by atoms with van der Waals surface area (Å²) in [6, 6.07) is 17.6. The van der Waals surface area contributed by atoms with E-state index >= 15 is 0 Å². The summed E-state index contributed by atoms with van der Waals surface area (Å²) in [5, 5.41) is 5.20. The van der Waals surface area contributed by atoms with Gasteiger partial charge in [-0.1, -0.05) is 35.2 Å². The second kappa shape index (κ2) is 7.99. The first kappa shape index (κ1) is 19.5. The fourth-order valence-electron chi connectivity index (χ4n) is 3.77. The molecule has 2 aromatic carbocycles. The third kappa shape index (κ3) is 3.27. The zero-order valence-corrected chi connectivity index (χ0v) is 17.5. The number of aromatic nitrogens is 5. The Hall–Kier alpha value is -4.46. The van der Waals surface area contributed by atoms with E-state index < -0.39 is 0 Å². The molecule has 3 aromatic heterocycles. The normalized spacial score (nSPS) is 10.9. The van der Waals surface area contributed by atoms with Gasteiger partial charge >= 0.3 is 6.47 Å². The van der Waals surface area contributed by atoms with Crippen LogP contribution in [0.25, 0.3) is 44.8 Å². The molecule has 0 aliphatic heterocycles. The quantitative estimate of drug-likeness (QED) is 0.385. The Labute approximate surface area is 183 Å². The number of hydrogen-bond donors (Lipinski definition) is 0. The number of carbonyl (C=O) groups excluding carboxylic acids is 1. The Morgan fingerprint density at radius 3 is 2.59 bits per heavy atom. The predicted octanol–water partition coefficient (Wildman–Crippen LogP) is 3.76. The molecule has 0 N–H and O–H groups in total. The third-order valence-corrected chi connectivity index (χ3v) is 5.27. The van der Waals surface area contributed by atoms with Gasteiger partial charge in [0.2, 0.25) is 0 Å². The Bertz CT molecular complexity index is 1440. The van der Waals surface area contributed by atoms with Crippen molar-refractivity contribution in [3.05, 3.63) is 73.2 Å². The van der Waals surface area contributed by atoms with Gasteiger partial charge in [-0.25, -0.2) is 9.97 Å². The number of benzene rings is 2. The van der Waals surface area contributed by atoms with E-state index in [9.17, 15) is 4.79 Å². The summed E-state index contributed by atoms with van der Waals surface area (Å²) in [6.45, 7) is 0.324. The summed E-state index contributed by atoms with van der Waals surface area (Å²) < 4.78 is 7.49. The van der Waals surface area contributed by atoms with Gasteiger partial charge in [-0.15, -0.1) is 5.10 Å². The van der Waals surface area contributed by atoms with Crippen LogP contribution in [0.1, 0.15) is 0 Å². The molecular formula is C24H19N5O3. The lowest BCUT2D eigenvalue weighted by Crippen LogP contribution is -2.11. The molecular weight excluding hydrogens is 406 g/mol. The van der Waals surface area contributed by atoms with Gasteiger partial charge < -0.3 is 14.1 Å². The third-order valence-electron chi connectivity index (χ3n) is 5.27. The number of pyridine rings is 1. The highest BCUT2D eigenvalue weighted by Crippen LogP contribution is 2.35. The average molecular weight is 425 g/mol. The van der Waals surface area contributed by atoms with Crippen molar-refractivity contribution < 1.29 is 14.4 Å². The smallest absolute Gasteiger partial charge is 0.323 e. The molecule has 0 atom stereocenters. The van der Waals surface area contributed by atoms with Crippen molar-refractivity contribution in [3.8, 4) is 39.5 Å². The average Bonchev–Trinajstić information content (AvgIpc) is 3.42. The number of methoxy groups -OCH3 is 1. The molecule has 5 rings (SSSR count). The minimum absolute atomic E-state index is 0.324. The number of fused-ring (bicyclic) bond motifs is 1. The summed E-state index contributed by atoms with van der Waals surface area (Å²) in [6.07, 6.45) is 5.42. The molecule has 158 valence electrons. The molecule has 0 fully saturated rings. The Balaban J connectivity index is 1.69. The van der Waals surface area contributed by atoms with Crippen molar-refractivity contribution in [2.75, 3.05) is 7.11 Å². The fourth-order valence-corrected chi connectivity index (χ4v) is 3.77. The molecule has 0 amide bonds. The predicted molar refractivity (Wildman–Crippen MR) is 120 cm³/mol. The number of aryl methyl sites for hydroxylation is 1. The van der Waals surface area contributed by atoms with Crippen LogP contribution in [-0.2, 0) is 11.8 Å². The van der Waals surface area contributed by atoms with Gasteiger partial charge in [0.25, 0.3) is 0 Å². The minimum Gasteiger partial charge on any atom is -0.496 e. The van der Waals surface area contributed by atoms with Crippen LogP contribution < -0.4 is 9.57 Å². The Morgan fingerprint density at radius 2 is 1.81 bits per heavy atom. The molecule has 32 heavy (non-hydrogen) atoms. The highest BCUT2D eigenvalue weighted by Gasteiger charge is 2.19. The second-order valence-electron chi connectivity index (χ2n) is 7.16. The number of nitrogens with zero attached hydrogens (tertiary/aromatic N) is 5. The van der Waals surface area contributed by atoms with Crippen LogP contribution in [0.4, 0.5) is 0 Å². The molecule has 5 aromatic rings. The van der Waals surface area contributed by atoms with Crippen LogP contribution in [0.2, 0.25) is 0 Å². The molecule has 0 spiro atoms. The van der Waals surface area contributed by atoms with Crippen LogP contribution in [0.3, 0.4) is 0 Å². The van der Waals surface area contributed by atoms with Gasteiger partial charge in [0.05, 0.1) is 12.5 Å². The highest BCUT2D eigenvalue weighted by molar-refractivity contribution is 5.95. The topological polar surface area (TPSA) is 84.1 Å². The van der Waals surface area contributed by atoms with Crippen LogP contribution in [0, 0.1) is 0 Å². The minimum atomic E-state index is 0.324. The lowest BCUT2D eigenvalue weighted by Gasteiger charge is -2.07. The van der Waals surface area contributed by atoms with Crippen LogP contribution in [0.5, 0.6) is 5.75 Å². The van der Waals surface area contributed by atoms with Crippen molar-refractivity contribution in [2.24, 2.45) is 7.05 Å². The van der Waals surface area contributed by atoms with Gasteiger partial charge in [0.15, 0.2) is 5.65 Å². The van der Waals surface area contributed by atoms with E-state index in [2.05, 4.69) is 21.1 Å². The lowest BCUT2D eigenvalue weighted by atomic mass is 10.0. The molecule has 0 radical (unpaired) electrons. The maximum absolute atomic E-state index is 11.0. The monoisotopic (exact) mass is 425 g/mol. The molecule has 0 aliphatic rings. The fraction of sp³-hybridized carbons (Fsp3) is 0.0833. The number of carbonyl (C=O) groups is 1. The second-order valence-corrected chi connectivity index (χ2v) is 7.16. The summed E-state index contributed by atoms with van der Waals surface area (Å²) >= 11 is 0. The summed E-state index contributed by atoms with van der Waals surface area (Å²) in [4.78, 5) is 26.1. The van der Waals surface area contributed by atoms with E-state index in [1.54, 1.807) is 19.5 Å². The van der Waals surface area contributed by atoms with Gasteiger partial charge in [0, 0.05) is 42.3 Å². The van der Waals surface area contributed by atoms with E-state index in [4.69, 9.17) is 9.57 Å². The number of ether oxygens (including phenoxy) is 1. The van der Waals surface area contributed by atoms with Crippen molar-refractivity contribution in [1.82, 2.24) is 24.5 Å². The van der Waals surface area contributed by atoms with E-state index in [0.29, 0.717) is 23.6 Å². The van der Waals surface area contributed by atoms with Crippen molar-refractivity contribution in [3.63, 3.8) is 0 Å². The zero-order chi connectivity index (χ0) is 22.1. The number of rotatable bonds is 6. The maximum atomic E-state index is 11.0. The van der Waals surface area contributed by atoms with Gasteiger partial charge in [-0.3, -0.25) is 4.79 Å². The summed E-state index contributed by atoms with van der Waals surface area (Å²) in [7, 11) is 3.57. The first-order valence-electron chi connectivity index (χ1n) is 9.90. The number of imidazole rings is 1. The van der Waals surface area contributed by atoms with Crippen molar-refractivity contribution >= 4 is 17.5 Å². The molecule has 0 bridgehead atoms.